The topological polar surface area (TPSA) is 56.2 Å². The molecule has 0 saturated heterocycles. The summed E-state index contributed by atoms with van der Waals surface area (Å²) >= 11 is 1.48. The first-order chi connectivity index (χ1) is 11.7. The predicted octanol–water partition coefficient (Wildman–Crippen LogP) is 3.55. The van der Waals surface area contributed by atoms with Gasteiger partial charge in [0.2, 0.25) is 0 Å². The largest absolute Gasteiger partial charge is 0.385 e. The summed E-state index contributed by atoms with van der Waals surface area (Å²) in [5.74, 6) is 0.878. The Balaban J connectivity index is 1.82. The minimum atomic E-state index is -0.0403. The molecule has 0 fully saturated rings. The molecule has 0 aliphatic rings. The predicted molar refractivity (Wildman–Crippen MR) is 97.5 cm³/mol. The maximum Gasteiger partial charge on any atom is 0.261 e. The van der Waals surface area contributed by atoms with Crippen molar-refractivity contribution >= 4 is 28.3 Å². The lowest BCUT2D eigenvalue weighted by Crippen LogP contribution is -2.24. The summed E-state index contributed by atoms with van der Waals surface area (Å²) in [6.07, 6.45) is 0.812. The third-order valence-corrected chi connectivity index (χ3v) is 4.91. The molecule has 0 unspecified atom stereocenters. The number of fused-ring (bicyclic) bond motifs is 1. The number of benzene rings is 1. The summed E-state index contributed by atoms with van der Waals surface area (Å²) in [7, 11) is 1.66. The van der Waals surface area contributed by atoms with Gasteiger partial charge in [-0.15, -0.1) is 11.3 Å². The third kappa shape index (κ3) is 3.34. The van der Waals surface area contributed by atoms with Crippen LogP contribution in [0.3, 0.4) is 0 Å². The van der Waals surface area contributed by atoms with Gasteiger partial charge in [-0.05, 0) is 37.6 Å². The van der Waals surface area contributed by atoms with Crippen molar-refractivity contribution in [2.24, 2.45) is 0 Å². The number of aryl methyl sites for hydroxylation is 1. The number of rotatable bonds is 7. The summed E-state index contributed by atoms with van der Waals surface area (Å²) in [6, 6.07) is 11.9. The van der Waals surface area contributed by atoms with E-state index in [-0.39, 0.29) is 5.91 Å². The highest BCUT2D eigenvalue weighted by Crippen LogP contribution is 2.30. The molecule has 0 spiro atoms. The Morgan fingerprint density at radius 1 is 1.29 bits per heavy atom. The van der Waals surface area contributed by atoms with Gasteiger partial charge in [0, 0.05) is 26.8 Å². The van der Waals surface area contributed by atoms with Crippen molar-refractivity contribution in [1.82, 2.24) is 14.9 Å². The van der Waals surface area contributed by atoms with E-state index in [1.807, 2.05) is 30.3 Å². The van der Waals surface area contributed by atoms with Crippen LogP contribution < -0.4 is 5.32 Å². The van der Waals surface area contributed by atoms with Crippen LogP contribution in [0.2, 0.25) is 0 Å². The lowest BCUT2D eigenvalue weighted by atomic mass is 10.3. The summed E-state index contributed by atoms with van der Waals surface area (Å²) in [6.45, 7) is 4.21. The van der Waals surface area contributed by atoms with Crippen LogP contribution in [0.5, 0.6) is 0 Å². The number of ether oxygens (including phenoxy) is 1. The Bertz CT molecular complexity index is 838. The van der Waals surface area contributed by atoms with Crippen LogP contribution in [-0.4, -0.2) is 35.7 Å². The molecule has 2 aromatic heterocycles. The standard InChI is InChI=1S/C18H21N3O2S/c1-3-21-14-8-5-4-7-13(14)20-17(21)15-9-10-16(24-15)18(22)19-11-6-12-23-2/h4-5,7-10H,3,6,11-12H2,1-2H3,(H,19,22). The van der Waals surface area contributed by atoms with Crippen molar-refractivity contribution in [1.29, 1.82) is 0 Å². The summed E-state index contributed by atoms with van der Waals surface area (Å²) in [5, 5.41) is 2.92. The number of nitrogens with one attached hydrogen (secondary N) is 1. The number of thiophene rings is 1. The Morgan fingerprint density at radius 3 is 2.92 bits per heavy atom. The van der Waals surface area contributed by atoms with E-state index in [1.165, 1.54) is 11.3 Å². The number of nitrogens with zero attached hydrogens (tertiary/aromatic N) is 2. The molecule has 24 heavy (non-hydrogen) atoms. The van der Waals surface area contributed by atoms with Crippen LogP contribution in [0, 0.1) is 0 Å². The number of amides is 1. The fourth-order valence-corrected chi connectivity index (χ4v) is 3.59. The van der Waals surface area contributed by atoms with E-state index in [2.05, 4.69) is 22.9 Å². The molecular weight excluding hydrogens is 322 g/mol. The van der Waals surface area contributed by atoms with Gasteiger partial charge >= 0.3 is 0 Å². The lowest BCUT2D eigenvalue weighted by Gasteiger charge is -2.04. The van der Waals surface area contributed by atoms with E-state index >= 15 is 0 Å². The minimum Gasteiger partial charge on any atom is -0.385 e. The Kier molecular flexibility index (Phi) is 5.27. The summed E-state index contributed by atoms with van der Waals surface area (Å²) in [5.41, 5.74) is 2.10. The number of aromatic nitrogens is 2. The van der Waals surface area contributed by atoms with Gasteiger partial charge in [0.1, 0.15) is 0 Å². The van der Waals surface area contributed by atoms with E-state index in [0.717, 1.165) is 34.7 Å². The average molecular weight is 343 g/mol. The first kappa shape index (κ1) is 16.7. The zero-order valence-electron chi connectivity index (χ0n) is 13.9. The maximum atomic E-state index is 12.2. The van der Waals surface area contributed by atoms with Crippen molar-refractivity contribution in [2.75, 3.05) is 20.3 Å². The van der Waals surface area contributed by atoms with Crippen LogP contribution in [0.15, 0.2) is 36.4 Å². The molecule has 0 aliphatic heterocycles. The van der Waals surface area contributed by atoms with Gasteiger partial charge in [0.05, 0.1) is 20.8 Å². The number of imidazole rings is 1. The third-order valence-electron chi connectivity index (χ3n) is 3.83. The van der Waals surface area contributed by atoms with Gasteiger partial charge in [-0.2, -0.15) is 0 Å². The Labute approximate surface area is 145 Å². The number of methoxy groups -OCH3 is 1. The van der Waals surface area contributed by atoms with E-state index in [4.69, 9.17) is 9.72 Å². The van der Waals surface area contributed by atoms with E-state index in [0.29, 0.717) is 18.0 Å². The fourth-order valence-electron chi connectivity index (χ4n) is 2.67. The van der Waals surface area contributed by atoms with Crippen molar-refractivity contribution in [2.45, 2.75) is 19.9 Å². The van der Waals surface area contributed by atoms with Crippen LogP contribution in [0.1, 0.15) is 23.0 Å². The van der Waals surface area contributed by atoms with Gasteiger partial charge in [0.15, 0.2) is 5.82 Å². The Morgan fingerprint density at radius 2 is 2.12 bits per heavy atom. The highest BCUT2D eigenvalue weighted by atomic mass is 32.1. The number of hydrogen-bond acceptors (Lipinski definition) is 4. The molecule has 0 bridgehead atoms. The van der Waals surface area contributed by atoms with Crippen molar-refractivity contribution < 1.29 is 9.53 Å². The smallest absolute Gasteiger partial charge is 0.261 e. The summed E-state index contributed by atoms with van der Waals surface area (Å²) < 4.78 is 7.17. The molecular formula is C18H21N3O2S. The number of carbonyl (C=O) groups is 1. The van der Waals surface area contributed by atoms with Crippen molar-refractivity contribution in [3.8, 4) is 10.7 Å². The zero-order valence-corrected chi connectivity index (χ0v) is 14.7. The van der Waals surface area contributed by atoms with Crippen molar-refractivity contribution in [3.63, 3.8) is 0 Å². The molecule has 126 valence electrons. The van der Waals surface area contributed by atoms with Crippen LogP contribution >= 0.6 is 11.3 Å². The van der Waals surface area contributed by atoms with Crippen molar-refractivity contribution in [3.05, 3.63) is 41.3 Å². The number of para-hydroxylation sites is 2. The molecule has 1 aromatic carbocycles. The number of hydrogen-bond donors (Lipinski definition) is 1. The van der Waals surface area contributed by atoms with Crippen LogP contribution in [0.4, 0.5) is 0 Å². The fraction of sp³-hybridized carbons (Fsp3) is 0.333. The van der Waals surface area contributed by atoms with E-state index in [1.54, 1.807) is 7.11 Å². The number of carbonyl (C=O) groups excluding carboxylic acids is 1. The second-order valence-electron chi connectivity index (χ2n) is 5.43. The minimum absolute atomic E-state index is 0.0403. The van der Waals surface area contributed by atoms with Gasteiger partial charge in [-0.1, -0.05) is 12.1 Å². The second kappa shape index (κ2) is 7.59. The van der Waals surface area contributed by atoms with Crippen LogP contribution in [0.25, 0.3) is 21.7 Å². The zero-order chi connectivity index (χ0) is 16.9. The lowest BCUT2D eigenvalue weighted by molar-refractivity contribution is 0.0952. The van der Waals surface area contributed by atoms with Gasteiger partial charge < -0.3 is 14.6 Å². The summed E-state index contributed by atoms with van der Waals surface area (Å²) in [4.78, 5) is 18.7. The molecule has 0 aliphatic carbocycles. The molecule has 1 amide bonds. The van der Waals surface area contributed by atoms with E-state index < -0.39 is 0 Å². The first-order valence-corrected chi connectivity index (χ1v) is 8.89. The highest BCUT2D eigenvalue weighted by Gasteiger charge is 2.15. The Hall–Kier alpha value is -2.18. The normalized spacial score (nSPS) is 11.1. The van der Waals surface area contributed by atoms with Gasteiger partial charge in [0.25, 0.3) is 5.91 Å². The maximum absolute atomic E-state index is 12.2. The molecule has 3 rings (SSSR count). The monoisotopic (exact) mass is 343 g/mol. The van der Waals surface area contributed by atoms with Crippen LogP contribution in [-0.2, 0) is 11.3 Å². The SMILES string of the molecule is CCn1c(-c2ccc(C(=O)NCCCOC)s2)nc2ccccc21. The molecule has 6 heteroatoms. The molecule has 2 heterocycles. The molecule has 3 aromatic rings. The molecule has 0 saturated carbocycles. The second-order valence-corrected chi connectivity index (χ2v) is 6.52. The van der Waals surface area contributed by atoms with Gasteiger partial charge in [-0.3, -0.25) is 4.79 Å². The molecule has 0 radical (unpaired) electrons. The highest BCUT2D eigenvalue weighted by molar-refractivity contribution is 7.17. The first-order valence-electron chi connectivity index (χ1n) is 8.07. The van der Waals surface area contributed by atoms with Gasteiger partial charge in [-0.25, -0.2) is 4.98 Å². The molecule has 1 N–H and O–H groups in total. The molecule has 0 atom stereocenters. The van der Waals surface area contributed by atoms with E-state index in [9.17, 15) is 4.79 Å². The average Bonchev–Trinajstić information content (AvgIpc) is 3.22. The quantitative estimate of drug-likeness (QED) is 0.668. The molecule has 5 nitrogen and oxygen atoms in total.